The van der Waals surface area contributed by atoms with E-state index in [1.807, 2.05) is 0 Å². The number of alkyl halides is 3. The van der Waals surface area contributed by atoms with Gasteiger partial charge in [0, 0.05) is 16.8 Å². The van der Waals surface area contributed by atoms with E-state index in [1.54, 1.807) is 6.07 Å². The van der Waals surface area contributed by atoms with Crippen LogP contribution in [0.5, 0.6) is 5.75 Å². The van der Waals surface area contributed by atoms with E-state index in [1.165, 1.54) is 18.2 Å². The van der Waals surface area contributed by atoms with Crippen LogP contribution < -0.4 is 4.74 Å². The van der Waals surface area contributed by atoms with E-state index in [4.69, 9.17) is 11.6 Å². The lowest BCUT2D eigenvalue weighted by molar-refractivity contribution is -0.274. The molecule has 1 aliphatic rings. The summed E-state index contributed by atoms with van der Waals surface area (Å²) in [4.78, 5) is 8.56. The molecule has 0 spiro atoms. The zero-order valence-electron chi connectivity index (χ0n) is 10.7. The van der Waals surface area contributed by atoms with Crippen LogP contribution in [0.15, 0.2) is 24.3 Å². The smallest absolute Gasteiger partial charge is 0.406 e. The molecule has 1 aromatic heterocycles. The molecule has 1 aliphatic carbocycles. The summed E-state index contributed by atoms with van der Waals surface area (Å²) in [6.07, 6.45) is -2.12. The maximum absolute atomic E-state index is 12.2. The van der Waals surface area contributed by atoms with Gasteiger partial charge in [-0.15, -0.1) is 13.2 Å². The van der Waals surface area contributed by atoms with E-state index in [0.717, 1.165) is 30.5 Å². The predicted molar refractivity (Wildman–Crippen MR) is 71.2 cm³/mol. The highest BCUT2D eigenvalue weighted by Crippen LogP contribution is 2.31. The molecule has 3 nitrogen and oxygen atoms in total. The molecule has 3 rings (SSSR count). The van der Waals surface area contributed by atoms with E-state index >= 15 is 0 Å². The van der Waals surface area contributed by atoms with Crippen molar-refractivity contribution < 1.29 is 17.9 Å². The first-order valence-corrected chi connectivity index (χ1v) is 6.72. The van der Waals surface area contributed by atoms with Crippen molar-refractivity contribution in [3.05, 3.63) is 40.7 Å². The van der Waals surface area contributed by atoms with Gasteiger partial charge in [-0.3, -0.25) is 0 Å². The zero-order valence-corrected chi connectivity index (χ0v) is 11.5. The number of aromatic nitrogens is 2. The van der Waals surface area contributed by atoms with Crippen LogP contribution in [0, 0.1) is 0 Å². The van der Waals surface area contributed by atoms with Gasteiger partial charge in [-0.05, 0) is 31.4 Å². The van der Waals surface area contributed by atoms with E-state index in [0.29, 0.717) is 16.5 Å². The van der Waals surface area contributed by atoms with Crippen molar-refractivity contribution >= 4 is 11.6 Å². The first-order valence-electron chi connectivity index (χ1n) is 6.34. The monoisotopic (exact) mass is 314 g/mol. The summed E-state index contributed by atoms with van der Waals surface area (Å²) in [7, 11) is 0. The molecule has 0 saturated carbocycles. The average Bonchev–Trinajstić information content (AvgIpc) is 2.86. The molecule has 1 heterocycles. The zero-order chi connectivity index (χ0) is 15.0. The van der Waals surface area contributed by atoms with Gasteiger partial charge in [0.2, 0.25) is 0 Å². The van der Waals surface area contributed by atoms with Crippen LogP contribution in [0.4, 0.5) is 13.2 Å². The number of rotatable bonds is 2. The van der Waals surface area contributed by atoms with Crippen molar-refractivity contribution in [3.63, 3.8) is 0 Å². The normalized spacial score (nSPS) is 14.1. The van der Waals surface area contributed by atoms with Gasteiger partial charge in [0.1, 0.15) is 10.9 Å². The Labute approximate surface area is 123 Å². The molecule has 0 aliphatic heterocycles. The fourth-order valence-electron chi connectivity index (χ4n) is 2.35. The van der Waals surface area contributed by atoms with Gasteiger partial charge in [-0.1, -0.05) is 23.7 Å². The molecule has 0 amide bonds. The fraction of sp³-hybridized carbons (Fsp3) is 0.286. The van der Waals surface area contributed by atoms with Crippen LogP contribution in [0.1, 0.15) is 17.7 Å². The topological polar surface area (TPSA) is 35.0 Å². The molecule has 0 unspecified atom stereocenters. The third-order valence-electron chi connectivity index (χ3n) is 3.21. The highest BCUT2D eigenvalue weighted by atomic mass is 35.5. The number of hydrogen-bond donors (Lipinski definition) is 0. The largest absolute Gasteiger partial charge is 0.573 e. The molecule has 0 bridgehead atoms. The molecular formula is C14H10ClF3N2O. The number of halogens is 4. The van der Waals surface area contributed by atoms with Gasteiger partial charge in [0.15, 0.2) is 5.82 Å². The Morgan fingerprint density at radius 3 is 2.71 bits per heavy atom. The predicted octanol–water partition coefficient (Wildman–Crippen LogP) is 4.18. The maximum atomic E-state index is 12.2. The van der Waals surface area contributed by atoms with Gasteiger partial charge in [-0.2, -0.15) is 0 Å². The third kappa shape index (κ3) is 3.10. The molecule has 0 N–H and O–H groups in total. The summed E-state index contributed by atoms with van der Waals surface area (Å²) in [5.74, 6) is 0.00787. The van der Waals surface area contributed by atoms with Crippen molar-refractivity contribution in [3.8, 4) is 17.1 Å². The Kier molecular flexibility index (Phi) is 3.49. The highest BCUT2D eigenvalue weighted by molar-refractivity contribution is 6.30. The summed E-state index contributed by atoms with van der Waals surface area (Å²) in [5.41, 5.74) is 2.24. The molecular weight excluding hydrogens is 305 g/mol. The molecule has 0 radical (unpaired) electrons. The second-order valence-corrected chi connectivity index (χ2v) is 5.05. The van der Waals surface area contributed by atoms with Gasteiger partial charge in [0.25, 0.3) is 0 Å². The Hall–Kier alpha value is -1.82. The first-order chi connectivity index (χ1) is 9.92. The SMILES string of the molecule is FC(F)(F)Oc1cccc(-c2nc(Cl)c3c(n2)CCC3)c1. The number of fused-ring (bicyclic) bond motifs is 1. The van der Waals surface area contributed by atoms with Crippen molar-refractivity contribution in [2.75, 3.05) is 0 Å². The van der Waals surface area contributed by atoms with Crippen LogP contribution >= 0.6 is 11.6 Å². The maximum Gasteiger partial charge on any atom is 0.573 e. The fourth-order valence-corrected chi connectivity index (χ4v) is 2.63. The van der Waals surface area contributed by atoms with Gasteiger partial charge in [0.05, 0.1) is 0 Å². The molecule has 0 fully saturated rings. The average molecular weight is 315 g/mol. The van der Waals surface area contributed by atoms with Crippen LogP contribution in [0.3, 0.4) is 0 Å². The number of aryl methyl sites for hydroxylation is 1. The Morgan fingerprint density at radius 1 is 1.14 bits per heavy atom. The van der Waals surface area contributed by atoms with Crippen LogP contribution in [-0.4, -0.2) is 16.3 Å². The molecule has 0 atom stereocenters. The Morgan fingerprint density at radius 2 is 1.95 bits per heavy atom. The van der Waals surface area contributed by atoms with E-state index in [9.17, 15) is 13.2 Å². The number of benzene rings is 1. The molecule has 2 aromatic rings. The van der Waals surface area contributed by atoms with E-state index in [2.05, 4.69) is 14.7 Å². The summed E-state index contributed by atoms with van der Waals surface area (Å²) in [6, 6.07) is 5.56. The lowest BCUT2D eigenvalue weighted by Crippen LogP contribution is -2.17. The van der Waals surface area contributed by atoms with Crippen LogP contribution in [0.25, 0.3) is 11.4 Å². The summed E-state index contributed by atoms with van der Waals surface area (Å²) >= 11 is 6.11. The molecule has 21 heavy (non-hydrogen) atoms. The number of ether oxygens (including phenoxy) is 1. The van der Waals surface area contributed by atoms with E-state index in [-0.39, 0.29) is 5.75 Å². The second-order valence-electron chi connectivity index (χ2n) is 4.69. The minimum absolute atomic E-state index is 0.305. The molecule has 0 saturated heterocycles. The Bertz CT molecular complexity index is 688. The highest BCUT2D eigenvalue weighted by Gasteiger charge is 2.31. The van der Waals surface area contributed by atoms with Crippen LogP contribution in [0.2, 0.25) is 5.15 Å². The van der Waals surface area contributed by atoms with Crippen molar-refractivity contribution in [2.45, 2.75) is 25.6 Å². The van der Waals surface area contributed by atoms with Crippen molar-refractivity contribution in [2.24, 2.45) is 0 Å². The summed E-state index contributed by atoms with van der Waals surface area (Å²) < 4.78 is 40.6. The van der Waals surface area contributed by atoms with Gasteiger partial charge in [-0.25, -0.2) is 9.97 Å². The summed E-state index contributed by atoms with van der Waals surface area (Å²) in [5, 5.41) is 0.370. The number of nitrogens with zero attached hydrogens (tertiary/aromatic N) is 2. The van der Waals surface area contributed by atoms with Gasteiger partial charge < -0.3 is 4.74 Å². The van der Waals surface area contributed by atoms with Gasteiger partial charge >= 0.3 is 6.36 Å². The van der Waals surface area contributed by atoms with Crippen LogP contribution in [-0.2, 0) is 12.8 Å². The Balaban J connectivity index is 1.98. The first kappa shape index (κ1) is 14.1. The molecule has 1 aromatic carbocycles. The van der Waals surface area contributed by atoms with Crippen molar-refractivity contribution in [1.29, 1.82) is 0 Å². The third-order valence-corrected chi connectivity index (χ3v) is 3.52. The standard InChI is InChI=1S/C14H10ClF3N2O/c15-12-10-5-2-6-11(10)19-13(20-12)8-3-1-4-9(7-8)21-14(16,17)18/h1,3-4,7H,2,5-6H2. The van der Waals surface area contributed by atoms with Crippen molar-refractivity contribution in [1.82, 2.24) is 9.97 Å². The quantitative estimate of drug-likeness (QED) is 0.780. The minimum Gasteiger partial charge on any atom is -0.406 e. The lowest BCUT2D eigenvalue weighted by Gasteiger charge is -2.10. The molecule has 7 heteroatoms. The number of hydrogen-bond acceptors (Lipinski definition) is 3. The van der Waals surface area contributed by atoms with E-state index < -0.39 is 6.36 Å². The second kappa shape index (κ2) is 5.18. The molecule has 110 valence electrons. The lowest BCUT2D eigenvalue weighted by atomic mass is 10.2. The summed E-state index contributed by atoms with van der Waals surface area (Å²) in [6.45, 7) is 0. The minimum atomic E-state index is -4.73.